The number of hydrogen-bond acceptors (Lipinski definition) is 1. The third-order valence-corrected chi connectivity index (χ3v) is 4.99. The highest BCUT2D eigenvalue weighted by atomic mass is 35.5. The van der Waals surface area contributed by atoms with Crippen LogP contribution >= 0.6 is 11.6 Å². The molecular weight excluding hydrogens is 285 g/mol. The van der Waals surface area contributed by atoms with Crippen molar-refractivity contribution in [3.63, 3.8) is 0 Å². The van der Waals surface area contributed by atoms with Crippen LogP contribution in [0.15, 0.2) is 18.2 Å². The highest BCUT2D eigenvalue weighted by Gasteiger charge is 2.30. The summed E-state index contributed by atoms with van der Waals surface area (Å²) >= 11 is 5.85. The molecule has 3 heteroatoms. The van der Waals surface area contributed by atoms with Crippen molar-refractivity contribution in [1.29, 1.82) is 0 Å². The highest BCUT2D eigenvalue weighted by molar-refractivity contribution is 6.30. The summed E-state index contributed by atoms with van der Waals surface area (Å²) < 4.78 is 14.1. The summed E-state index contributed by atoms with van der Waals surface area (Å²) in [6.07, 6.45) is 7.12. The Kier molecular flexibility index (Phi) is 6.50. The zero-order valence-electron chi connectivity index (χ0n) is 13.2. The van der Waals surface area contributed by atoms with Crippen LogP contribution in [0.2, 0.25) is 5.02 Å². The molecule has 0 aromatic heterocycles. The maximum absolute atomic E-state index is 14.1. The SMILES string of the molecule is CCCC1CCC(NCC)C(Cc2ccc(Cl)cc2F)C1. The van der Waals surface area contributed by atoms with Crippen LogP contribution in [0.4, 0.5) is 4.39 Å². The molecule has 0 saturated heterocycles. The number of nitrogens with one attached hydrogen (secondary N) is 1. The van der Waals surface area contributed by atoms with E-state index in [-0.39, 0.29) is 5.82 Å². The largest absolute Gasteiger partial charge is 0.314 e. The first kappa shape index (κ1) is 16.8. The molecule has 1 aliphatic rings. The maximum Gasteiger partial charge on any atom is 0.127 e. The van der Waals surface area contributed by atoms with E-state index in [0.717, 1.165) is 24.4 Å². The maximum atomic E-state index is 14.1. The zero-order chi connectivity index (χ0) is 15.2. The molecule has 1 fully saturated rings. The van der Waals surface area contributed by atoms with Gasteiger partial charge < -0.3 is 5.32 Å². The second-order valence-corrected chi connectivity index (χ2v) is 6.77. The summed E-state index contributed by atoms with van der Waals surface area (Å²) in [5.41, 5.74) is 0.810. The van der Waals surface area contributed by atoms with E-state index >= 15 is 0 Å². The van der Waals surface area contributed by atoms with E-state index in [4.69, 9.17) is 11.6 Å². The lowest BCUT2D eigenvalue weighted by molar-refractivity contribution is 0.194. The molecule has 3 atom stereocenters. The molecule has 0 aliphatic heterocycles. The smallest absolute Gasteiger partial charge is 0.127 e. The van der Waals surface area contributed by atoms with Crippen LogP contribution in [0.3, 0.4) is 0 Å². The number of hydrogen-bond donors (Lipinski definition) is 1. The van der Waals surface area contributed by atoms with Gasteiger partial charge in [0.1, 0.15) is 5.82 Å². The third kappa shape index (κ3) is 4.69. The van der Waals surface area contributed by atoms with E-state index in [0.29, 0.717) is 17.0 Å². The summed E-state index contributed by atoms with van der Waals surface area (Å²) in [7, 11) is 0. The summed E-state index contributed by atoms with van der Waals surface area (Å²) in [4.78, 5) is 0. The van der Waals surface area contributed by atoms with Gasteiger partial charge in [-0.2, -0.15) is 0 Å². The number of benzene rings is 1. The Morgan fingerprint density at radius 1 is 1.29 bits per heavy atom. The number of halogens is 2. The fourth-order valence-electron chi connectivity index (χ4n) is 3.76. The zero-order valence-corrected chi connectivity index (χ0v) is 13.9. The Balaban J connectivity index is 2.07. The second-order valence-electron chi connectivity index (χ2n) is 6.33. The summed E-state index contributed by atoms with van der Waals surface area (Å²) in [5, 5.41) is 4.08. The van der Waals surface area contributed by atoms with Crippen molar-refractivity contribution in [2.75, 3.05) is 6.54 Å². The van der Waals surface area contributed by atoms with Gasteiger partial charge in [0.05, 0.1) is 0 Å². The average molecular weight is 312 g/mol. The lowest BCUT2D eigenvalue weighted by Crippen LogP contribution is -2.41. The minimum atomic E-state index is -0.157. The van der Waals surface area contributed by atoms with E-state index in [1.54, 1.807) is 6.07 Å². The fourth-order valence-corrected chi connectivity index (χ4v) is 3.92. The molecule has 3 unspecified atom stereocenters. The van der Waals surface area contributed by atoms with Gasteiger partial charge in [0.2, 0.25) is 0 Å². The Morgan fingerprint density at radius 2 is 2.10 bits per heavy atom. The summed E-state index contributed by atoms with van der Waals surface area (Å²) in [6, 6.07) is 5.61. The van der Waals surface area contributed by atoms with Crippen LogP contribution in [0, 0.1) is 17.7 Å². The Bertz CT molecular complexity index is 449. The molecule has 1 aromatic rings. The van der Waals surface area contributed by atoms with Gasteiger partial charge >= 0.3 is 0 Å². The van der Waals surface area contributed by atoms with Crippen molar-refractivity contribution < 1.29 is 4.39 Å². The van der Waals surface area contributed by atoms with E-state index in [9.17, 15) is 4.39 Å². The lowest BCUT2D eigenvalue weighted by atomic mass is 9.74. The predicted molar refractivity (Wildman–Crippen MR) is 88.3 cm³/mol. The van der Waals surface area contributed by atoms with E-state index in [1.165, 1.54) is 38.2 Å². The van der Waals surface area contributed by atoms with Crippen LogP contribution in [0.5, 0.6) is 0 Å². The third-order valence-electron chi connectivity index (χ3n) is 4.75. The molecule has 1 aromatic carbocycles. The highest BCUT2D eigenvalue weighted by Crippen LogP contribution is 2.34. The monoisotopic (exact) mass is 311 g/mol. The van der Waals surface area contributed by atoms with Gasteiger partial charge in [-0.3, -0.25) is 0 Å². The first-order valence-corrected chi connectivity index (χ1v) is 8.69. The molecule has 2 rings (SSSR count). The van der Waals surface area contributed by atoms with Crippen molar-refractivity contribution >= 4 is 11.6 Å². The fraction of sp³-hybridized carbons (Fsp3) is 0.667. The van der Waals surface area contributed by atoms with Gasteiger partial charge in [-0.25, -0.2) is 4.39 Å². The topological polar surface area (TPSA) is 12.0 Å². The molecule has 1 saturated carbocycles. The first-order chi connectivity index (χ1) is 10.1. The lowest BCUT2D eigenvalue weighted by Gasteiger charge is -2.37. The van der Waals surface area contributed by atoms with Crippen LogP contribution in [-0.2, 0) is 6.42 Å². The average Bonchev–Trinajstić information content (AvgIpc) is 2.45. The van der Waals surface area contributed by atoms with Gasteiger partial charge in [-0.15, -0.1) is 0 Å². The van der Waals surface area contributed by atoms with E-state index < -0.39 is 0 Å². The summed E-state index contributed by atoms with van der Waals surface area (Å²) in [6.45, 7) is 5.39. The van der Waals surface area contributed by atoms with Gasteiger partial charge in [-0.05, 0) is 61.8 Å². The van der Waals surface area contributed by atoms with Crippen molar-refractivity contribution in [2.45, 2.75) is 58.4 Å². The van der Waals surface area contributed by atoms with Gasteiger partial charge in [0.15, 0.2) is 0 Å². The standard InChI is InChI=1S/C18H27ClFN/c1-3-5-13-6-9-18(21-4-2)15(10-13)11-14-7-8-16(19)12-17(14)20/h7-8,12-13,15,18,21H,3-6,9-11H2,1-2H3. The molecule has 1 nitrogen and oxygen atoms in total. The van der Waals surface area contributed by atoms with Gasteiger partial charge in [-0.1, -0.05) is 44.4 Å². The normalized spacial score (nSPS) is 26.0. The molecule has 0 amide bonds. The molecule has 0 spiro atoms. The van der Waals surface area contributed by atoms with Crippen molar-refractivity contribution in [3.05, 3.63) is 34.6 Å². The molecule has 1 aliphatic carbocycles. The minimum absolute atomic E-state index is 0.157. The molecule has 118 valence electrons. The van der Waals surface area contributed by atoms with Crippen LogP contribution in [0.25, 0.3) is 0 Å². The summed E-state index contributed by atoms with van der Waals surface area (Å²) in [5.74, 6) is 1.19. The number of rotatable bonds is 6. The molecule has 0 heterocycles. The van der Waals surface area contributed by atoms with Gasteiger partial charge in [0, 0.05) is 11.1 Å². The van der Waals surface area contributed by atoms with Crippen LogP contribution in [-0.4, -0.2) is 12.6 Å². The Morgan fingerprint density at radius 3 is 2.76 bits per heavy atom. The van der Waals surface area contributed by atoms with E-state index in [1.807, 2.05) is 6.07 Å². The Labute approximate surface area is 133 Å². The Hall–Kier alpha value is -0.600. The minimum Gasteiger partial charge on any atom is -0.314 e. The molecule has 21 heavy (non-hydrogen) atoms. The first-order valence-electron chi connectivity index (χ1n) is 8.31. The van der Waals surface area contributed by atoms with Crippen LogP contribution < -0.4 is 5.32 Å². The predicted octanol–water partition coefficient (Wildman–Crippen LogP) is 5.22. The second kappa shape index (κ2) is 8.14. The van der Waals surface area contributed by atoms with Gasteiger partial charge in [0.25, 0.3) is 0 Å². The van der Waals surface area contributed by atoms with Crippen LogP contribution in [0.1, 0.15) is 51.5 Å². The molecule has 0 bridgehead atoms. The molecular formula is C18H27ClFN. The van der Waals surface area contributed by atoms with E-state index in [2.05, 4.69) is 19.2 Å². The quantitative estimate of drug-likeness (QED) is 0.760. The van der Waals surface area contributed by atoms with Crippen molar-refractivity contribution in [2.24, 2.45) is 11.8 Å². The molecule has 1 N–H and O–H groups in total. The van der Waals surface area contributed by atoms with Crippen molar-refractivity contribution in [3.8, 4) is 0 Å². The molecule has 0 radical (unpaired) electrons. The van der Waals surface area contributed by atoms with Crippen molar-refractivity contribution in [1.82, 2.24) is 5.32 Å².